The highest BCUT2D eigenvalue weighted by Gasteiger charge is 2.15. The molecule has 0 spiro atoms. The normalized spacial score (nSPS) is 17.4. The third-order valence-corrected chi connectivity index (χ3v) is 3.01. The summed E-state index contributed by atoms with van der Waals surface area (Å²) < 4.78 is 18.5. The van der Waals surface area contributed by atoms with Crippen molar-refractivity contribution in [3.8, 4) is 0 Å². The second-order valence-electron chi connectivity index (χ2n) is 4.35. The Balaban J connectivity index is 2.15. The van der Waals surface area contributed by atoms with E-state index in [4.69, 9.17) is 9.84 Å². The van der Waals surface area contributed by atoms with Crippen molar-refractivity contribution in [2.24, 2.45) is 0 Å². The van der Waals surface area contributed by atoms with Crippen LogP contribution in [0.3, 0.4) is 0 Å². The van der Waals surface area contributed by atoms with Crippen molar-refractivity contribution in [3.05, 3.63) is 35.1 Å². The van der Waals surface area contributed by atoms with E-state index < -0.39 is 11.8 Å². The maximum atomic E-state index is 13.2. The van der Waals surface area contributed by atoms with Crippen molar-refractivity contribution in [2.45, 2.75) is 13.0 Å². The fraction of sp³-hybridized carbons (Fsp3) is 0.462. The Kier molecular flexibility index (Phi) is 4.28. The van der Waals surface area contributed by atoms with Gasteiger partial charge in [-0.05, 0) is 30.2 Å². The zero-order chi connectivity index (χ0) is 13.0. The largest absolute Gasteiger partial charge is 0.478 e. The van der Waals surface area contributed by atoms with Crippen molar-refractivity contribution in [1.82, 2.24) is 4.90 Å². The maximum Gasteiger partial charge on any atom is 0.336 e. The van der Waals surface area contributed by atoms with Crippen LogP contribution in [0.15, 0.2) is 18.2 Å². The van der Waals surface area contributed by atoms with Crippen LogP contribution in [-0.4, -0.2) is 42.3 Å². The van der Waals surface area contributed by atoms with Crippen LogP contribution in [0.25, 0.3) is 0 Å². The average molecular weight is 253 g/mol. The van der Waals surface area contributed by atoms with Gasteiger partial charge in [0.15, 0.2) is 0 Å². The first-order valence-electron chi connectivity index (χ1n) is 5.98. The Hall–Kier alpha value is -1.46. The summed E-state index contributed by atoms with van der Waals surface area (Å²) >= 11 is 0. The number of halogens is 1. The smallest absolute Gasteiger partial charge is 0.336 e. The van der Waals surface area contributed by atoms with Gasteiger partial charge in [0.2, 0.25) is 0 Å². The van der Waals surface area contributed by atoms with Crippen LogP contribution in [0.5, 0.6) is 0 Å². The van der Waals surface area contributed by atoms with Gasteiger partial charge in [-0.25, -0.2) is 9.18 Å². The monoisotopic (exact) mass is 253 g/mol. The molecule has 0 amide bonds. The average Bonchev–Trinajstić information content (AvgIpc) is 2.57. The molecule has 1 N–H and O–H groups in total. The SMILES string of the molecule is O=C(O)c1ccc(F)cc1CN1CCCOCC1. The lowest BCUT2D eigenvalue weighted by Gasteiger charge is -2.20. The van der Waals surface area contributed by atoms with Crippen LogP contribution in [0, 0.1) is 5.82 Å². The molecular formula is C13H16FNO3. The number of benzene rings is 1. The van der Waals surface area contributed by atoms with E-state index in [9.17, 15) is 9.18 Å². The molecule has 1 aliphatic rings. The Morgan fingerprint density at radius 3 is 3.00 bits per heavy atom. The summed E-state index contributed by atoms with van der Waals surface area (Å²) in [7, 11) is 0. The van der Waals surface area contributed by atoms with E-state index in [1.165, 1.54) is 18.2 Å². The predicted octanol–water partition coefficient (Wildman–Crippen LogP) is 1.75. The minimum Gasteiger partial charge on any atom is -0.478 e. The van der Waals surface area contributed by atoms with E-state index in [2.05, 4.69) is 4.90 Å². The molecule has 5 heteroatoms. The van der Waals surface area contributed by atoms with Crippen molar-refractivity contribution in [1.29, 1.82) is 0 Å². The minimum atomic E-state index is -1.02. The molecule has 0 radical (unpaired) electrons. The Morgan fingerprint density at radius 1 is 1.39 bits per heavy atom. The van der Waals surface area contributed by atoms with E-state index >= 15 is 0 Å². The number of hydrogen-bond donors (Lipinski definition) is 1. The van der Waals surface area contributed by atoms with Gasteiger partial charge in [-0.15, -0.1) is 0 Å². The molecule has 1 aromatic rings. The van der Waals surface area contributed by atoms with Crippen molar-refractivity contribution < 1.29 is 19.0 Å². The molecule has 1 heterocycles. The van der Waals surface area contributed by atoms with E-state index in [-0.39, 0.29) is 5.56 Å². The highest BCUT2D eigenvalue weighted by atomic mass is 19.1. The molecule has 18 heavy (non-hydrogen) atoms. The number of aromatic carboxylic acids is 1. The maximum absolute atomic E-state index is 13.2. The van der Waals surface area contributed by atoms with Gasteiger partial charge in [-0.2, -0.15) is 0 Å². The van der Waals surface area contributed by atoms with E-state index in [0.29, 0.717) is 18.7 Å². The first-order chi connectivity index (χ1) is 8.66. The molecule has 0 bridgehead atoms. The van der Waals surface area contributed by atoms with Crippen LogP contribution in [-0.2, 0) is 11.3 Å². The fourth-order valence-electron chi connectivity index (χ4n) is 2.10. The molecule has 0 aliphatic carbocycles. The molecule has 98 valence electrons. The predicted molar refractivity (Wildman–Crippen MR) is 64.1 cm³/mol. The molecule has 1 aromatic carbocycles. The lowest BCUT2D eigenvalue weighted by atomic mass is 10.1. The van der Waals surface area contributed by atoms with Crippen molar-refractivity contribution >= 4 is 5.97 Å². The minimum absolute atomic E-state index is 0.168. The highest BCUT2D eigenvalue weighted by Crippen LogP contribution is 2.15. The Morgan fingerprint density at radius 2 is 2.22 bits per heavy atom. The zero-order valence-corrected chi connectivity index (χ0v) is 10.1. The number of ether oxygens (including phenoxy) is 1. The summed E-state index contributed by atoms with van der Waals surface area (Å²) in [5.41, 5.74) is 0.686. The number of carboxylic acid groups (broad SMARTS) is 1. The molecule has 1 fully saturated rings. The first-order valence-corrected chi connectivity index (χ1v) is 5.98. The molecule has 0 saturated carbocycles. The van der Waals surface area contributed by atoms with Crippen molar-refractivity contribution in [2.75, 3.05) is 26.3 Å². The van der Waals surface area contributed by atoms with Gasteiger partial charge >= 0.3 is 5.97 Å². The molecule has 1 saturated heterocycles. The highest BCUT2D eigenvalue weighted by molar-refractivity contribution is 5.89. The molecule has 2 rings (SSSR count). The van der Waals surface area contributed by atoms with E-state index in [1.54, 1.807) is 0 Å². The number of carboxylic acids is 1. The van der Waals surface area contributed by atoms with Gasteiger partial charge in [0.1, 0.15) is 5.82 Å². The molecule has 0 aromatic heterocycles. The summed E-state index contributed by atoms with van der Waals surface area (Å²) in [6.07, 6.45) is 0.914. The Labute approximate surface area is 105 Å². The molecular weight excluding hydrogens is 237 g/mol. The molecule has 0 unspecified atom stereocenters. The van der Waals surface area contributed by atoms with E-state index in [0.717, 1.165) is 26.1 Å². The van der Waals surface area contributed by atoms with Gasteiger partial charge in [-0.1, -0.05) is 0 Å². The lowest BCUT2D eigenvalue weighted by Crippen LogP contribution is -2.26. The summed E-state index contributed by atoms with van der Waals surface area (Å²) in [5, 5.41) is 9.08. The topological polar surface area (TPSA) is 49.8 Å². The lowest BCUT2D eigenvalue weighted by molar-refractivity contribution is 0.0694. The van der Waals surface area contributed by atoms with Crippen molar-refractivity contribution in [3.63, 3.8) is 0 Å². The van der Waals surface area contributed by atoms with Gasteiger partial charge in [-0.3, -0.25) is 4.90 Å². The first kappa shape index (κ1) is 13.0. The number of nitrogens with zero attached hydrogens (tertiary/aromatic N) is 1. The quantitative estimate of drug-likeness (QED) is 0.891. The summed E-state index contributed by atoms with van der Waals surface area (Å²) in [6, 6.07) is 3.80. The van der Waals surface area contributed by atoms with Crippen LogP contribution in [0.2, 0.25) is 0 Å². The van der Waals surface area contributed by atoms with Gasteiger partial charge in [0.25, 0.3) is 0 Å². The van der Waals surface area contributed by atoms with Gasteiger partial charge < -0.3 is 9.84 Å². The molecule has 4 nitrogen and oxygen atoms in total. The zero-order valence-electron chi connectivity index (χ0n) is 10.1. The number of carbonyl (C=O) groups is 1. The summed E-state index contributed by atoms with van der Waals surface area (Å²) in [6.45, 7) is 3.40. The third kappa shape index (κ3) is 3.27. The van der Waals surface area contributed by atoms with Crippen LogP contribution in [0.1, 0.15) is 22.3 Å². The van der Waals surface area contributed by atoms with Crippen LogP contribution < -0.4 is 0 Å². The summed E-state index contributed by atoms with van der Waals surface area (Å²) in [4.78, 5) is 13.2. The van der Waals surface area contributed by atoms with Gasteiger partial charge in [0.05, 0.1) is 12.2 Å². The molecule has 1 aliphatic heterocycles. The Bertz CT molecular complexity index is 428. The second-order valence-corrected chi connectivity index (χ2v) is 4.35. The second kappa shape index (κ2) is 5.93. The molecule has 0 atom stereocenters. The van der Waals surface area contributed by atoms with Gasteiger partial charge in [0, 0.05) is 26.2 Å². The number of hydrogen-bond acceptors (Lipinski definition) is 3. The fourth-order valence-corrected chi connectivity index (χ4v) is 2.10. The standard InChI is InChI=1S/C13H16FNO3/c14-11-2-3-12(13(16)17)10(8-11)9-15-4-1-6-18-7-5-15/h2-3,8H,1,4-7,9H2,(H,16,17). The summed E-state index contributed by atoms with van der Waals surface area (Å²) in [5.74, 6) is -1.42. The van der Waals surface area contributed by atoms with Crippen LogP contribution >= 0.6 is 0 Å². The van der Waals surface area contributed by atoms with Crippen LogP contribution in [0.4, 0.5) is 4.39 Å². The third-order valence-electron chi connectivity index (χ3n) is 3.01. The number of rotatable bonds is 3. The van der Waals surface area contributed by atoms with E-state index in [1.807, 2.05) is 0 Å².